The fraction of sp³-hybridized carbons (Fsp3) is 0.200. The molecule has 1 rings (SSSR count). The van der Waals surface area contributed by atoms with Crippen LogP contribution in [0.5, 0.6) is 0 Å². The molecule has 3 nitrogen and oxygen atoms in total. The molecule has 0 radical (unpaired) electrons. The summed E-state index contributed by atoms with van der Waals surface area (Å²) in [5, 5.41) is 0. The summed E-state index contributed by atoms with van der Waals surface area (Å²) < 4.78 is 4.52. The van der Waals surface area contributed by atoms with Crippen molar-refractivity contribution in [2.45, 2.75) is 6.42 Å². The SMILES string of the molecule is C=C(Cc1ccccn1)C(=O)OC. The highest BCUT2D eigenvalue weighted by atomic mass is 16.5. The summed E-state index contributed by atoms with van der Waals surface area (Å²) in [5.41, 5.74) is 1.24. The number of methoxy groups -OCH3 is 1. The van der Waals surface area contributed by atoms with Crippen molar-refractivity contribution in [1.82, 2.24) is 4.98 Å². The Morgan fingerprint density at radius 2 is 2.38 bits per heavy atom. The van der Waals surface area contributed by atoms with Crippen molar-refractivity contribution in [2.75, 3.05) is 7.11 Å². The van der Waals surface area contributed by atoms with Gasteiger partial charge >= 0.3 is 5.97 Å². The van der Waals surface area contributed by atoms with Gasteiger partial charge in [0.25, 0.3) is 0 Å². The predicted molar refractivity (Wildman–Crippen MR) is 49.1 cm³/mol. The third kappa shape index (κ3) is 2.71. The molecule has 1 heterocycles. The Bertz CT molecular complexity index is 306. The molecule has 0 amide bonds. The van der Waals surface area contributed by atoms with Crippen LogP contribution in [-0.2, 0) is 16.0 Å². The fourth-order valence-electron chi connectivity index (χ4n) is 0.938. The summed E-state index contributed by atoms with van der Waals surface area (Å²) in [6.45, 7) is 3.61. The van der Waals surface area contributed by atoms with Crippen molar-refractivity contribution in [3.8, 4) is 0 Å². The van der Waals surface area contributed by atoms with Crippen LogP contribution in [0.1, 0.15) is 5.69 Å². The van der Waals surface area contributed by atoms with Crippen molar-refractivity contribution < 1.29 is 9.53 Å². The molecule has 0 spiro atoms. The molecule has 1 aromatic heterocycles. The minimum atomic E-state index is -0.384. The van der Waals surface area contributed by atoms with Crippen LogP contribution in [0.15, 0.2) is 36.5 Å². The lowest BCUT2D eigenvalue weighted by atomic mass is 10.1. The monoisotopic (exact) mass is 177 g/mol. The molecule has 0 fully saturated rings. The van der Waals surface area contributed by atoms with E-state index in [9.17, 15) is 4.79 Å². The molecular weight excluding hydrogens is 166 g/mol. The van der Waals surface area contributed by atoms with E-state index in [1.165, 1.54) is 7.11 Å². The first-order valence-corrected chi connectivity index (χ1v) is 3.90. The maximum Gasteiger partial charge on any atom is 0.333 e. The number of carbonyl (C=O) groups excluding carboxylic acids is 1. The average Bonchev–Trinajstić information content (AvgIpc) is 2.18. The summed E-state index contributed by atoms with van der Waals surface area (Å²) in [7, 11) is 1.34. The molecule has 0 aliphatic rings. The van der Waals surface area contributed by atoms with Gasteiger partial charge in [0.1, 0.15) is 0 Å². The number of ether oxygens (including phenoxy) is 1. The smallest absolute Gasteiger partial charge is 0.333 e. The summed E-state index contributed by atoms with van der Waals surface area (Å²) in [6, 6.07) is 5.53. The van der Waals surface area contributed by atoms with Crippen LogP contribution < -0.4 is 0 Å². The van der Waals surface area contributed by atoms with Crippen molar-refractivity contribution in [2.24, 2.45) is 0 Å². The van der Waals surface area contributed by atoms with E-state index in [0.717, 1.165) is 5.69 Å². The first kappa shape index (κ1) is 9.45. The number of hydrogen-bond acceptors (Lipinski definition) is 3. The van der Waals surface area contributed by atoms with E-state index in [1.54, 1.807) is 6.20 Å². The Morgan fingerprint density at radius 3 is 2.92 bits per heavy atom. The predicted octanol–water partition coefficient (Wildman–Crippen LogP) is 1.35. The zero-order valence-corrected chi connectivity index (χ0v) is 7.49. The molecule has 68 valence electrons. The van der Waals surface area contributed by atoms with Crippen molar-refractivity contribution >= 4 is 5.97 Å². The van der Waals surface area contributed by atoms with Gasteiger partial charge in [-0.25, -0.2) is 4.79 Å². The maximum atomic E-state index is 11.0. The number of nitrogens with zero attached hydrogens (tertiary/aromatic N) is 1. The van der Waals surface area contributed by atoms with E-state index in [-0.39, 0.29) is 5.97 Å². The Labute approximate surface area is 77.1 Å². The lowest BCUT2D eigenvalue weighted by Crippen LogP contribution is -2.06. The van der Waals surface area contributed by atoms with Crippen LogP contribution in [-0.4, -0.2) is 18.1 Å². The number of pyridine rings is 1. The van der Waals surface area contributed by atoms with E-state index < -0.39 is 0 Å². The van der Waals surface area contributed by atoms with Gasteiger partial charge in [0.05, 0.1) is 7.11 Å². The lowest BCUT2D eigenvalue weighted by molar-refractivity contribution is -0.136. The van der Waals surface area contributed by atoms with Crippen LogP contribution in [0.4, 0.5) is 0 Å². The first-order valence-electron chi connectivity index (χ1n) is 3.90. The Balaban J connectivity index is 2.60. The number of rotatable bonds is 3. The molecule has 0 unspecified atom stereocenters. The summed E-state index contributed by atoms with van der Waals surface area (Å²) in [6.07, 6.45) is 2.12. The van der Waals surface area contributed by atoms with Crippen molar-refractivity contribution in [3.63, 3.8) is 0 Å². The van der Waals surface area contributed by atoms with Gasteiger partial charge in [-0.15, -0.1) is 0 Å². The Kier molecular flexibility index (Phi) is 3.20. The van der Waals surface area contributed by atoms with Gasteiger partial charge in [-0.05, 0) is 12.1 Å². The lowest BCUT2D eigenvalue weighted by Gasteiger charge is -2.01. The van der Waals surface area contributed by atoms with Gasteiger partial charge in [0.15, 0.2) is 0 Å². The van der Waals surface area contributed by atoms with Gasteiger partial charge < -0.3 is 4.74 Å². The first-order chi connectivity index (χ1) is 6.24. The second-order valence-electron chi connectivity index (χ2n) is 2.59. The molecule has 3 heteroatoms. The van der Waals surface area contributed by atoms with Gasteiger partial charge in [-0.1, -0.05) is 12.6 Å². The van der Waals surface area contributed by atoms with E-state index in [0.29, 0.717) is 12.0 Å². The zero-order valence-electron chi connectivity index (χ0n) is 7.49. The number of aromatic nitrogens is 1. The molecule has 1 aromatic rings. The van der Waals surface area contributed by atoms with Crippen LogP contribution >= 0.6 is 0 Å². The van der Waals surface area contributed by atoms with Crippen LogP contribution in [0.2, 0.25) is 0 Å². The number of hydrogen-bond donors (Lipinski definition) is 0. The van der Waals surface area contributed by atoms with E-state index >= 15 is 0 Å². The Morgan fingerprint density at radius 1 is 1.62 bits per heavy atom. The highest BCUT2D eigenvalue weighted by molar-refractivity contribution is 5.87. The summed E-state index contributed by atoms with van der Waals surface area (Å²) in [5.74, 6) is -0.384. The quantitative estimate of drug-likeness (QED) is 0.516. The minimum absolute atomic E-state index is 0.384. The molecule has 0 N–H and O–H groups in total. The second-order valence-corrected chi connectivity index (χ2v) is 2.59. The topological polar surface area (TPSA) is 39.2 Å². The van der Waals surface area contributed by atoms with Crippen LogP contribution in [0, 0.1) is 0 Å². The minimum Gasteiger partial charge on any atom is -0.466 e. The molecule has 0 saturated carbocycles. The van der Waals surface area contributed by atoms with Gasteiger partial charge in [0, 0.05) is 23.9 Å². The number of esters is 1. The molecule has 0 aliphatic heterocycles. The van der Waals surface area contributed by atoms with Gasteiger partial charge in [-0.2, -0.15) is 0 Å². The van der Waals surface area contributed by atoms with E-state index in [4.69, 9.17) is 0 Å². The Hall–Kier alpha value is -1.64. The van der Waals surface area contributed by atoms with Gasteiger partial charge in [0.2, 0.25) is 0 Å². The van der Waals surface area contributed by atoms with Crippen LogP contribution in [0.3, 0.4) is 0 Å². The molecule has 13 heavy (non-hydrogen) atoms. The average molecular weight is 177 g/mol. The summed E-state index contributed by atoms with van der Waals surface area (Å²) in [4.78, 5) is 15.0. The third-order valence-corrected chi connectivity index (χ3v) is 1.59. The van der Waals surface area contributed by atoms with Gasteiger partial charge in [-0.3, -0.25) is 4.98 Å². The normalized spacial score (nSPS) is 9.31. The maximum absolute atomic E-state index is 11.0. The fourth-order valence-corrected chi connectivity index (χ4v) is 0.938. The largest absolute Gasteiger partial charge is 0.466 e. The van der Waals surface area contributed by atoms with Crippen molar-refractivity contribution in [3.05, 3.63) is 42.2 Å². The summed E-state index contributed by atoms with van der Waals surface area (Å²) >= 11 is 0. The zero-order chi connectivity index (χ0) is 9.68. The molecule has 0 aliphatic carbocycles. The molecule has 0 bridgehead atoms. The number of carbonyl (C=O) groups is 1. The highest BCUT2D eigenvalue weighted by Crippen LogP contribution is 2.03. The molecule has 0 atom stereocenters. The van der Waals surface area contributed by atoms with E-state index in [2.05, 4.69) is 16.3 Å². The van der Waals surface area contributed by atoms with E-state index in [1.807, 2.05) is 18.2 Å². The third-order valence-electron chi connectivity index (χ3n) is 1.59. The molecule has 0 aromatic carbocycles. The molecular formula is C10H11NO2. The highest BCUT2D eigenvalue weighted by Gasteiger charge is 2.07. The standard InChI is InChI=1S/C10H11NO2/c1-8(10(12)13-2)7-9-5-3-4-6-11-9/h3-6H,1,7H2,2H3. The molecule has 0 saturated heterocycles. The van der Waals surface area contributed by atoms with Crippen molar-refractivity contribution in [1.29, 1.82) is 0 Å². The van der Waals surface area contributed by atoms with Crippen LogP contribution in [0.25, 0.3) is 0 Å². The second kappa shape index (κ2) is 4.40.